The van der Waals surface area contributed by atoms with Gasteiger partial charge in [0.2, 0.25) is 0 Å². The third-order valence-corrected chi connectivity index (χ3v) is 4.44. The first-order valence-corrected chi connectivity index (χ1v) is 9.15. The summed E-state index contributed by atoms with van der Waals surface area (Å²) in [5, 5.41) is 6.62. The number of likely N-dealkylation sites (tertiary alicyclic amines) is 1. The van der Waals surface area contributed by atoms with Crippen molar-refractivity contribution >= 4 is 5.96 Å². The molecule has 0 spiro atoms. The average Bonchev–Trinajstić information content (AvgIpc) is 3.11. The molecule has 2 rings (SSSR count). The molecule has 5 nitrogen and oxygen atoms in total. The molecule has 24 heavy (non-hydrogen) atoms. The van der Waals surface area contributed by atoms with Crippen LogP contribution in [0, 0.1) is 5.92 Å². The van der Waals surface area contributed by atoms with E-state index in [1.807, 2.05) is 18.2 Å². The topological polar surface area (TPSA) is 52.8 Å². The zero-order chi connectivity index (χ0) is 17.0. The van der Waals surface area contributed by atoms with Gasteiger partial charge in [-0.1, -0.05) is 13.0 Å². The summed E-state index contributed by atoms with van der Waals surface area (Å²) in [7, 11) is 0. The van der Waals surface area contributed by atoms with Crippen LogP contribution in [0.2, 0.25) is 0 Å². The quantitative estimate of drug-likeness (QED) is 0.316. The van der Waals surface area contributed by atoms with Crippen LogP contribution in [-0.2, 0) is 6.42 Å². The van der Waals surface area contributed by atoms with E-state index in [2.05, 4.69) is 34.0 Å². The largest absolute Gasteiger partial charge is 0.469 e. The summed E-state index contributed by atoms with van der Waals surface area (Å²) in [6, 6.07) is 3.91. The summed E-state index contributed by atoms with van der Waals surface area (Å²) in [6.45, 7) is 12.1. The molecule has 1 saturated heterocycles. The number of piperidine rings is 1. The molecule has 1 aliphatic heterocycles. The smallest absolute Gasteiger partial charge is 0.191 e. The van der Waals surface area contributed by atoms with Gasteiger partial charge in [0, 0.05) is 26.1 Å². The zero-order valence-corrected chi connectivity index (χ0v) is 15.0. The van der Waals surface area contributed by atoms with Gasteiger partial charge in [0.25, 0.3) is 0 Å². The van der Waals surface area contributed by atoms with Gasteiger partial charge in [0.15, 0.2) is 5.96 Å². The first-order chi connectivity index (χ1) is 11.8. The van der Waals surface area contributed by atoms with Gasteiger partial charge in [-0.2, -0.15) is 0 Å². The van der Waals surface area contributed by atoms with Crippen LogP contribution in [0.15, 0.2) is 40.5 Å². The van der Waals surface area contributed by atoms with E-state index in [9.17, 15) is 0 Å². The minimum atomic E-state index is 0.719. The number of hydrogen-bond acceptors (Lipinski definition) is 3. The Morgan fingerprint density at radius 1 is 1.42 bits per heavy atom. The number of guanidine groups is 1. The Morgan fingerprint density at radius 3 is 2.96 bits per heavy atom. The van der Waals surface area contributed by atoms with Crippen LogP contribution in [0.4, 0.5) is 0 Å². The number of furan rings is 1. The molecular formula is C19H32N4O. The summed E-state index contributed by atoms with van der Waals surface area (Å²) < 4.78 is 5.35. The fraction of sp³-hybridized carbons (Fsp3) is 0.632. The average molecular weight is 332 g/mol. The molecular weight excluding hydrogens is 300 g/mol. The Bertz CT molecular complexity index is 476. The Kier molecular flexibility index (Phi) is 8.46. The first kappa shape index (κ1) is 18.6. The maximum atomic E-state index is 5.35. The van der Waals surface area contributed by atoms with E-state index in [4.69, 9.17) is 4.42 Å². The van der Waals surface area contributed by atoms with Crippen LogP contribution in [0.1, 0.15) is 31.9 Å². The zero-order valence-electron chi connectivity index (χ0n) is 15.0. The van der Waals surface area contributed by atoms with Crippen molar-refractivity contribution in [3.63, 3.8) is 0 Å². The second-order valence-electron chi connectivity index (χ2n) is 6.53. The lowest BCUT2D eigenvalue weighted by Crippen LogP contribution is -2.39. The minimum absolute atomic E-state index is 0.719. The lowest BCUT2D eigenvalue weighted by molar-refractivity contribution is 0.192. The standard InChI is InChI=1S/C19H32N4O/c1-3-10-20-19(22-12-7-18-6-4-16-24-18)21-11-5-13-23-14-8-17(2)9-15-23/h3-4,6,16-17H,1,5,7-15H2,2H3,(H2,20,21,22). The highest BCUT2D eigenvalue weighted by molar-refractivity contribution is 5.79. The molecule has 1 aromatic heterocycles. The lowest BCUT2D eigenvalue weighted by Gasteiger charge is -2.29. The van der Waals surface area contributed by atoms with Crippen molar-refractivity contribution in [2.24, 2.45) is 10.9 Å². The molecule has 0 bridgehead atoms. The molecule has 5 heteroatoms. The predicted octanol–water partition coefficient (Wildman–Crippen LogP) is 2.67. The monoisotopic (exact) mass is 332 g/mol. The molecule has 1 aromatic rings. The van der Waals surface area contributed by atoms with Gasteiger partial charge in [-0.3, -0.25) is 4.99 Å². The molecule has 0 aliphatic carbocycles. The number of hydrogen-bond donors (Lipinski definition) is 2. The van der Waals surface area contributed by atoms with Crippen molar-refractivity contribution in [1.29, 1.82) is 0 Å². The van der Waals surface area contributed by atoms with Crippen molar-refractivity contribution in [2.45, 2.75) is 32.6 Å². The SMILES string of the molecule is C=CCNC(=NCCCN1CCC(C)CC1)NCCc1ccco1. The molecule has 0 saturated carbocycles. The van der Waals surface area contributed by atoms with E-state index in [-0.39, 0.29) is 0 Å². The first-order valence-electron chi connectivity index (χ1n) is 9.15. The van der Waals surface area contributed by atoms with E-state index in [0.717, 1.165) is 56.7 Å². The molecule has 0 amide bonds. The molecule has 2 heterocycles. The van der Waals surface area contributed by atoms with Gasteiger partial charge in [-0.25, -0.2) is 0 Å². The van der Waals surface area contributed by atoms with Gasteiger partial charge in [0.1, 0.15) is 5.76 Å². The summed E-state index contributed by atoms with van der Waals surface area (Å²) in [5.41, 5.74) is 0. The Morgan fingerprint density at radius 2 is 2.25 bits per heavy atom. The van der Waals surface area contributed by atoms with E-state index in [1.54, 1.807) is 6.26 Å². The fourth-order valence-corrected chi connectivity index (χ4v) is 2.87. The lowest BCUT2D eigenvalue weighted by atomic mass is 9.99. The molecule has 0 radical (unpaired) electrons. The number of nitrogens with one attached hydrogen (secondary N) is 2. The molecule has 1 aliphatic rings. The molecule has 0 unspecified atom stereocenters. The van der Waals surface area contributed by atoms with E-state index in [1.165, 1.54) is 25.9 Å². The Balaban J connectivity index is 1.66. The van der Waals surface area contributed by atoms with Gasteiger partial charge >= 0.3 is 0 Å². The summed E-state index contributed by atoms with van der Waals surface area (Å²) in [4.78, 5) is 7.23. The van der Waals surface area contributed by atoms with E-state index in [0.29, 0.717) is 0 Å². The highest BCUT2D eigenvalue weighted by Gasteiger charge is 2.14. The highest BCUT2D eigenvalue weighted by Crippen LogP contribution is 2.15. The Labute approximate surface area is 146 Å². The van der Waals surface area contributed by atoms with Crippen LogP contribution < -0.4 is 10.6 Å². The van der Waals surface area contributed by atoms with Crippen molar-refractivity contribution in [3.05, 3.63) is 36.8 Å². The number of nitrogens with zero attached hydrogens (tertiary/aromatic N) is 2. The second-order valence-corrected chi connectivity index (χ2v) is 6.53. The summed E-state index contributed by atoms with van der Waals surface area (Å²) >= 11 is 0. The van der Waals surface area contributed by atoms with Gasteiger partial charge in [0.05, 0.1) is 6.26 Å². The fourth-order valence-electron chi connectivity index (χ4n) is 2.87. The summed E-state index contributed by atoms with van der Waals surface area (Å²) in [6.07, 6.45) is 8.19. The van der Waals surface area contributed by atoms with Gasteiger partial charge < -0.3 is 20.0 Å². The van der Waals surface area contributed by atoms with Gasteiger partial charge in [-0.05, 0) is 56.9 Å². The predicted molar refractivity (Wildman–Crippen MR) is 100 cm³/mol. The second kappa shape index (κ2) is 10.9. The maximum Gasteiger partial charge on any atom is 0.191 e. The normalized spacial score (nSPS) is 17.0. The molecule has 2 N–H and O–H groups in total. The van der Waals surface area contributed by atoms with E-state index < -0.39 is 0 Å². The van der Waals surface area contributed by atoms with Crippen LogP contribution in [0.25, 0.3) is 0 Å². The van der Waals surface area contributed by atoms with Crippen molar-refractivity contribution < 1.29 is 4.42 Å². The molecule has 1 fully saturated rings. The number of aliphatic imine (C=N–C) groups is 1. The molecule has 134 valence electrons. The Hall–Kier alpha value is -1.75. The highest BCUT2D eigenvalue weighted by atomic mass is 16.3. The molecule has 0 atom stereocenters. The van der Waals surface area contributed by atoms with Crippen LogP contribution in [-0.4, -0.2) is 50.1 Å². The van der Waals surface area contributed by atoms with Crippen LogP contribution >= 0.6 is 0 Å². The maximum absolute atomic E-state index is 5.35. The third-order valence-electron chi connectivity index (χ3n) is 4.44. The molecule has 0 aromatic carbocycles. The van der Waals surface area contributed by atoms with Crippen molar-refractivity contribution in [3.8, 4) is 0 Å². The van der Waals surface area contributed by atoms with Crippen molar-refractivity contribution in [2.75, 3.05) is 39.3 Å². The summed E-state index contributed by atoms with van der Waals surface area (Å²) in [5.74, 6) is 2.74. The van der Waals surface area contributed by atoms with Gasteiger partial charge in [-0.15, -0.1) is 6.58 Å². The minimum Gasteiger partial charge on any atom is -0.469 e. The van der Waals surface area contributed by atoms with Crippen LogP contribution in [0.3, 0.4) is 0 Å². The van der Waals surface area contributed by atoms with Crippen molar-refractivity contribution in [1.82, 2.24) is 15.5 Å². The van der Waals surface area contributed by atoms with Crippen LogP contribution in [0.5, 0.6) is 0 Å². The number of rotatable bonds is 9. The van der Waals surface area contributed by atoms with E-state index >= 15 is 0 Å². The third kappa shape index (κ3) is 7.21.